The van der Waals surface area contributed by atoms with E-state index >= 15 is 0 Å². The van der Waals surface area contributed by atoms with Gasteiger partial charge in [-0.3, -0.25) is 4.55 Å². The Morgan fingerprint density at radius 1 is 0.920 bits per heavy atom. The van der Waals surface area contributed by atoms with Crippen LogP contribution in [0.15, 0.2) is 0 Å². The van der Waals surface area contributed by atoms with Crippen LogP contribution in [0.5, 0.6) is 0 Å². The molecule has 0 aromatic rings. The molecule has 25 heavy (non-hydrogen) atoms. The van der Waals surface area contributed by atoms with Gasteiger partial charge in [-0.25, -0.2) is 4.18 Å². The zero-order valence-corrected chi connectivity index (χ0v) is 14.3. The van der Waals surface area contributed by atoms with E-state index in [1.807, 2.05) is 0 Å². The van der Waals surface area contributed by atoms with Crippen molar-refractivity contribution in [3.63, 3.8) is 0 Å². The van der Waals surface area contributed by atoms with E-state index in [4.69, 9.17) is 29.2 Å². The van der Waals surface area contributed by atoms with Crippen LogP contribution in [-0.4, -0.2) is 105 Å². The van der Waals surface area contributed by atoms with Gasteiger partial charge in [0, 0.05) is 6.54 Å². The van der Waals surface area contributed by atoms with Crippen molar-refractivity contribution in [2.45, 2.75) is 30.7 Å². The molecule has 1 heterocycles. The highest BCUT2D eigenvalue weighted by molar-refractivity contribution is 7.80. The minimum atomic E-state index is -4.75. The number of nitrogens with two attached hydrogens (primary N) is 1. The Kier molecular flexibility index (Phi) is 10.2. The molecule has 12 nitrogen and oxygen atoms in total. The predicted molar refractivity (Wildman–Crippen MR) is 80.8 cm³/mol. The molecule has 1 fully saturated rings. The van der Waals surface area contributed by atoms with Crippen molar-refractivity contribution in [1.82, 2.24) is 0 Å². The maximum absolute atomic E-state index is 10.6. The predicted octanol–water partition coefficient (Wildman–Crippen LogP) is -3.38. The Morgan fingerprint density at radius 3 is 2.12 bits per heavy atom. The van der Waals surface area contributed by atoms with E-state index in [0.29, 0.717) is 26.4 Å². The van der Waals surface area contributed by atoms with Crippen molar-refractivity contribution in [2.24, 2.45) is 5.73 Å². The van der Waals surface area contributed by atoms with Crippen LogP contribution in [0.4, 0.5) is 0 Å². The normalized spacial score (nSPS) is 30.5. The lowest BCUT2D eigenvalue weighted by Crippen LogP contribution is -2.59. The molecule has 13 heteroatoms. The molecule has 0 aromatic heterocycles. The quantitative estimate of drug-likeness (QED) is 0.164. The van der Waals surface area contributed by atoms with Gasteiger partial charge >= 0.3 is 10.4 Å². The molecule has 0 spiro atoms. The molecule has 6 N–H and O–H groups in total. The van der Waals surface area contributed by atoms with Crippen LogP contribution in [0.3, 0.4) is 0 Å². The SMILES string of the molecule is NCCOCCOCCOC1O[C@H](COS(=O)(=O)O)[C@H](O)[C@H](O)[C@H]1O. The van der Waals surface area contributed by atoms with Crippen molar-refractivity contribution >= 4 is 10.4 Å². The van der Waals surface area contributed by atoms with E-state index < -0.39 is 47.7 Å². The molecule has 1 saturated heterocycles. The highest BCUT2D eigenvalue weighted by Crippen LogP contribution is 2.22. The lowest BCUT2D eigenvalue weighted by atomic mass is 9.99. The maximum atomic E-state index is 10.6. The molecule has 1 aliphatic rings. The summed E-state index contributed by atoms with van der Waals surface area (Å²) in [7, 11) is -4.75. The minimum Gasteiger partial charge on any atom is -0.387 e. The molecule has 0 aliphatic carbocycles. The number of aliphatic hydroxyl groups is 3. The van der Waals surface area contributed by atoms with Crippen molar-refractivity contribution in [3.8, 4) is 0 Å². The smallest absolute Gasteiger partial charge is 0.387 e. The zero-order chi connectivity index (χ0) is 18.9. The Bertz CT molecular complexity index is 462. The number of rotatable bonds is 12. The first-order chi connectivity index (χ1) is 11.8. The topological polar surface area (TPSA) is 187 Å². The van der Waals surface area contributed by atoms with Gasteiger partial charge in [-0.1, -0.05) is 0 Å². The molecule has 0 amide bonds. The molecule has 0 radical (unpaired) electrons. The molecular formula is C12H25NO11S. The summed E-state index contributed by atoms with van der Waals surface area (Å²) in [5, 5.41) is 29.3. The highest BCUT2D eigenvalue weighted by atomic mass is 32.3. The molecule has 0 saturated carbocycles. The largest absolute Gasteiger partial charge is 0.397 e. The summed E-state index contributed by atoms with van der Waals surface area (Å²) >= 11 is 0. The van der Waals surface area contributed by atoms with Gasteiger partial charge in [-0.2, -0.15) is 8.42 Å². The summed E-state index contributed by atoms with van der Waals surface area (Å²) in [5.74, 6) is 0. The second kappa shape index (κ2) is 11.3. The monoisotopic (exact) mass is 391 g/mol. The Morgan fingerprint density at radius 2 is 1.52 bits per heavy atom. The molecule has 0 bridgehead atoms. The first kappa shape index (κ1) is 22.6. The van der Waals surface area contributed by atoms with Crippen LogP contribution < -0.4 is 5.73 Å². The molecular weight excluding hydrogens is 366 g/mol. The number of aliphatic hydroxyl groups excluding tert-OH is 3. The molecule has 1 aliphatic heterocycles. The minimum absolute atomic E-state index is 0.00664. The fourth-order valence-electron chi connectivity index (χ4n) is 1.97. The van der Waals surface area contributed by atoms with Crippen molar-refractivity contribution in [3.05, 3.63) is 0 Å². The summed E-state index contributed by atoms with van der Waals surface area (Å²) in [6.07, 6.45) is -7.53. The number of hydrogen-bond donors (Lipinski definition) is 5. The summed E-state index contributed by atoms with van der Waals surface area (Å²) in [4.78, 5) is 0. The molecule has 1 rings (SSSR count). The van der Waals surface area contributed by atoms with Crippen molar-refractivity contribution in [2.75, 3.05) is 46.2 Å². The molecule has 5 atom stereocenters. The Hall–Kier alpha value is -0.450. The first-order valence-electron chi connectivity index (χ1n) is 7.55. The van der Waals surface area contributed by atoms with Crippen LogP contribution in [0.25, 0.3) is 0 Å². The van der Waals surface area contributed by atoms with Gasteiger partial charge in [0.15, 0.2) is 6.29 Å². The number of hydrogen-bond acceptors (Lipinski definition) is 11. The van der Waals surface area contributed by atoms with Crippen LogP contribution in [0, 0.1) is 0 Å². The second-order valence-electron chi connectivity index (χ2n) is 5.11. The van der Waals surface area contributed by atoms with Gasteiger partial charge in [0.25, 0.3) is 0 Å². The van der Waals surface area contributed by atoms with Crippen molar-refractivity contribution in [1.29, 1.82) is 0 Å². The summed E-state index contributed by atoms with van der Waals surface area (Å²) in [5.41, 5.74) is 5.25. The third-order valence-electron chi connectivity index (χ3n) is 3.19. The summed E-state index contributed by atoms with van der Waals surface area (Å²) < 4.78 is 54.4. The lowest BCUT2D eigenvalue weighted by Gasteiger charge is -2.39. The van der Waals surface area contributed by atoms with E-state index in [1.54, 1.807) is 0 Å². The maximum Gasteiger partial charge on any atom is 0.397 e. The molecule has 0 aromatic carbocycles. The Balaban J connectivity index is 2.34. The van der Waals surface area contributed by atoms with Gasteiger partial charge in [-0.15, -0.1) is 0 Å². The fraction of sp³-hybridized carbons (Fsp3) is 1.00. The standard InChI is InChI=1S/C12H25NO11S/c13-1-2-20-3-4-21-5-6-22-12-11(16)10(15)9(14)8(24-12)7-23-25(17,18)19/h8-12,14-16H,1-7,13H2,(H,17,18,19)/t8-,9+,10+,11-,12?/m1/s1. The van der Waals surface area contributed by atoms with Crippen LogP contribution >= 0.6 is 0 Å². The average molecular weight is 391 g/mol. The van der Waals surface area contributed by atoms with Gasteiger partial charge in [0.1, 0.15) is 24.4 Å². The summed E-state index contributed by atoms with van der Waals surface area (Å²) in [6.45, 7) is 0.879. The van der Waals surface area contributed by atoms with E-state index in [0.717, 1.165) is 0 Å². The number of ether oxygens (including phenoxy) is 4. The third kappa shape index (κ3) is 8.65. The summed E-state index contributed by atoms with van der Waals surface area (Å²) in [6, 6.07) is 0. The van der Waals surface area contributed by atoms with Gasteiger partial charge in [0.2, 0.25) is 0 Å². The highest BCUT2D eigenvalue weighted by Gasteiger charge is 2.44. The van der Waals surface area contributed by atoms with Gasteiger partial charge < -0.3 is 40.0 Å². The van der Waals surface area contributed by atoms with Crippen LogP contribution in [0.2, 0.25) is 0 Å². The van der Waals surface area contributed by atoms with Crippen LogP contribution in [0.1, 0.15) is 0 Å². The van der Waals surface area contributed by atoms with E-state index in [1.165, 1.54) is 0 Å². The second-order valence-corrected chi connectivity index (χ2v) is 6.20. The molecule has 1 unspecified atom stereocenters. The average Bonchev–Trinajstić information content (AvgIpc) is 2.55. The first-order valence-corrected chi connectivity index (χ1v) is 8.91. The van der Waals surface area contributed by atoms with Crippen LogP contribution in [-0.2, 0) is 33.5 Å². The van der Waals surface area contributed by atoms with E-state index in [-0.39, 0.29) is 13.2 Å². The Labute approximate surface area is 145 Å². The van der Waals surface area contributed by atoms with Gasteiger partial charge in [0.05, 0.1) is 39.6 Å². The van der Waals surface area contributed by atoms with E-state index in [2.05, 4.69) is 4.18 Å². The lowest BCUT2D eigenvalue weighted by molar-refractivity contribution is -0.301. The molecule has 150 valence electrons. The van der Waals surface area contributed by atoms with E-state index in [9.17, 15) is 23.7 Å². The fourth-order valence-corrected chi connectivity index (χ4v) is 2.28. The van der Waals surface area contributed by atoms with Crippen molar-refractivity contribution < 1.29 is 51.4 Å². The third-order valence-corrected chi connectivity index (χ3v) is 3.63. The van der Waals surface area contributed by atoms with Gasteiger partial charge in [-0.05, 0) is 0 Å². The zero-order valence-electron chi connectivity index (χ0n) is 13.5.